The fourth-order valence-electron chi connectivity index (χ4n) is 2.09. The molecule has 0 bridgehead atoms. The van der Waals surface area contributed by atoms with E-state index < -0.39 is 0 Å². The number of benzene rings is 1. The van der Waals surface area contributed by atoms with Crippen molar-refractivity contribution in [2.75, 3.05) is 0 Å². The first kappa shape index (κ1) is 11.5. The van der Waals surface area contributed by atoms with Gasteiger partial charge in [0, 0.05) is 11.8 Å². The molecule has 2 heterocycles. The Balaban J connectivity index is 1.99. The molecule has 0 saturated heterocycles. The van der Waals surface area contributed by atoms with Crippen LogP contribution < -0.4 is 0 Å². The van der Waals surface area contributed by atoms with Crippen molar-refractivity contribution in [1.29, 1.82) is 0 Å². The van der Waals surface area contributed by atoms with Crippen LogP contribution in [0.5, 0.6) is 0 Å². The summed E-state index contributed by atoms with van der Waals surface area (Å²) in [5.74, 6) is 0.0366. The third kappa shape index (κ3) is 1.78. The lowest BCUT2D eigenvalue weighted by Gasteiger charge is -2.08. The van der Waals surface area contributed by atoms with Crippen LogP contribution in [0.1, 0.15) is 33.4 Å². The minimum Gasteiger partial charge on any atom is -0.465 e. The molecule has 0 atom stereocenters. The molecule has 2 aromatic rings. The second-order valence-electron chi connectivity index (χ2n) is 4.32. The molecule has 4 heteroatoms. The van der Waals surface area contributed by atoms with Crippen molar-refractivity contribution >= 4 is 17.4 Å². The van der Waals surface area contributed by atoms with Crippen LogP contribution in [0.2, 0.25) is 0 Å². The van der Waals surface area contributed by atoms with Gasteiger partial charge in [0.05, 0.1) is 17.4 Å². The first-order valence-electron chi connectivity index (χ1n) is 5.87. The normalized spacial score (nSPS) is 15.0. The quantitative estimate of drug-likeness (QED) is 0.773. The zero-order valence-corrected chi connectivity index (χ0v) is 10.3. The van der Waals surface area contributed by atoms with E-state index in [9.17, 15) is 9.59 Å². The highest BCUT2D eigenvalue weighted by Crippen LogP contribution is 2.25. The molecule has 0 radical (unpaired) electrons. The van der Waals surface area contributed by atoms with Gasteiger partial charge in [-0.05, 0) is 31.2 Å². The molecule has 2 amide bonds. The average molecular weight is 253 g/mol. The Hall–Kier alpha value is -2.62. The van der Waals surface area contributed by atoms with Gasteiger partial charge in [-0.15, -0.1) is 0 Å². The monoisotopic (exact) mass is 253 g/mol. The lowest BCUT2D eigenvalue weighted by atomic mass is 10.1. The van der Waals surface area contributed by atoms with E-state index in [4.69, 9.17) is 4.42 Å². The summed E-state index contributed by atoms with van der Waals surface area (Å²) < 4.78 is 5.24. The molecule has 0 spiro atoms. The molecule has 0 saturated carbocycles. The molecule has 4 nitrogen and oxygen atoms in total. The standard InChI is InChI=1S/C15H11NO3/c1-10(13-7-4-8-19-13)9-16-14(17)11-5-2-3-6-12(11)15(16)18/h2-9H,1H3. The molecule has 3 rings (SSSR count). The summed E-state index contributed by atoms with van der Waals surface area (Å²) in [7, 11) is 0. The number of imide groups is 1. The van der Waals surface area contributed by atoms with E-state index >= 15 is 0 Å². The summed E-state index contributed by atoms with van der Waals surface area (Å²) in [6.07, 6.45) is 3.07. The fraction of sp³-hybridized carbons (Fsp3) is 0.0667. The Morgan fingerprint density at radius 2 is 1.68 bits per heavy atom. The van der Waals surface area contributed by atoms with Crippen LogP contribution in [0.4, 0.5) is 0 Å². The number of allylic oxidation sites excluding steroid dienone is 1. The SMILES string of the molecule is CC(=CN1C(=O)c2ccccc2C1=O)c1ccco1. The maximum absolute atomic E-state index is 12.1. The van der Waals surface area contributed by atoms with E-state index in [1.165, 1.54) is 6.20 Å². The average Bonchev–Trinajstić information content (AvgIpc) is 3.03. The lowest BCUT2D eigenvalue weighted by molar-refractivity contribution is 0.0722. The third-order valence-electron chi connectivity index (χ3n) is 3.06. The number of carbonyl (C=O) groups is 2. The van der Waals surface area contributed by atoms with Crippen molar-refractivity contribution < 1.29 is 14.0 Å². The molecule has 1 aromatic carbocycles. The molecule has 0 unspecified atom stereocenters. The zero-order valence-electron chi connectivity index (χ0n) is 10.3. The number of hydrogen-bond acceptors (Lipinski definition) is 3. The van der Waals surface area contributed by atoms with Crippen LogP contribution in [0.3, 0.4) is 0 Å². The van der Waals surface area contributed by atoms with E-state index in [1.54, 1.807) is 49.6 Å². The van der Waals surface area contributed by atoms with Crippen LogP contribution in [0, 0.1) is 0 Å². The lowest BCUT2D eigenvalue weighted by Crippen LogP contribution is -2.23. The smallest absolute Gasteiger partial charge is 0.265 e. The number of furan rings is 1. The van der Waals surface area contributed by atoms with Crippen LogP contribution in [-0.4, -0.2) is 16.7 Å². The van der Waals surface area contributed by atoms with E-state index in [1.807, 2.05) is 0 Å². The van der Waals surface area contributed by atoms with E-state index in [-0.39, 0.29) is 11.8 Å². The van der Waals surface area contributed by atoms with Crippen molar-refractivity contribution in [2.24, 2.45) is 0 Å². The summed E-state index contributed by atoms with van der Waals surface area (Å²) in [5, 5.41) is 0. The number of hydrogen-bond donors (Lipinski definition) is 0. The molecule has 94 valence electrons. The van der Waals surface area contributed by atoms with Crippen molar-refractivity contribution in [3.8, 4) is 0 Å². The molecule has 1 aliphatic rings. The summed E-state index contributed by atoms with van der Waals surface area (Å²) in [6, 6.07) is 10.4. The Labute approximate surface area is 109 Å². The van der Waals surface area contributed by atoms with Gasteiger partial charge in [0.1, 0.15) is 5.76 Å². The topological polar surface area (TPSA) is 50.5 Å². The zero-order chi connectivity index (χ0) is 13.4. The van der Waals surface area contributed by atoms with Crippen LogP contribution in [-0.2, 0) is 0 Å². The Kier molecular flexibility index (Phi) is 2.56. The van der Waals surface area contributed by atoms with Crippen molar-refractivity contribution in [3.63, 3.8) is 0 Å². The third-order valence-corrected chi connectivity index (χ3v) is 3.06. The van der Waals surface area contributed by atoms with Gasteiger partial charge in [-0.1, -0.05) is 12.1 Å². The maximum Gasteiger partial charge on any atom is 0.265 e. The van der Waals surface area contributed by atoms with Crippen LogP contribution in [0.25, 0.3) is 5.57 Å². The van der Waals surface area contributed by atoms with Gasteiger partial charge >= 0.3 is 0 Å². The predicted octanol–water partition coefficient (Wildman–Crippen LogP) is 2.94. The number of amides is 2. The van der Waals surface area contributed by atoms with Gasteiger partial charge in [-0.2, -0.15) is 0 Å². The van der Waals surface area contributed by atoms with Gasteiger partial charge in [0.25, 0.3) is 11.8 Å². The Bertz CT molecular complexity index is 648. The fourth-order valence-corrected chi connectivity index (χ4v) is 2.09. The molecule has 0 aliphatic carbocycles. The molecular weight excluding hydrogens is 242 g/mol. The van der Waals surface area contributed by atoms with E-state index in [0.29, 0.717) is 16.9 Å². The molecule has 0 fully saturated rings. The van der Waals surface area contributed by atoms with Crippen molar-refractivity contribution in [2.45, 2.75) is 6.92 Å². The number of carbonyl (C=O) groups excluding carboxylic acids is 2. The molecule has 0 N–H and O–H groups in total. The Morgan fingerprint density at radius 3 is 2.21 bits per heavy atom. The van der Waals surface area contributed by atoms with Crippen molar-refractivity contribution in [1.82, 2.24) is 4.90 Å². The molecular formula is C15H11NO3. The first-order chi connectivity index (χ1) is 9.18. The second-order valence-corrected chi connectivity index (χ2v) is 4.32. The minimum absolute atomic E-state index is 0.300. The van der Waals surface area contributed by atoms with Gasteiger partial charge in [-0.25, -0.2) is 4.90 Å². The largest absolute Gasteiger partial charge is 0.465 e. The minimum atomic E-state index is -0.300. The second kappa shape index (κ2) is 4.24. The van der Waals surface area contributed by atoms with Gasteiger partial charge in [0.2, 0.25) is 0 Å². The van der Waals surface area contributed by atoms with Crippen LogP contribution in [0.15, 0.2) is 53.3 Å². The highest BCUT2D eigenvalue weighted by atomic mass is 16.3. The summed E-state index contributed by atoms with van der Waals surface area (Å²) in [4.78, 5) is 25.4. The number of nitrogens with zero attached hydrogens (tertiary/aromatic N) is 1. The highest BCUT2D eigenvalue weighted by Gasteiger charge is 2.34. The summed E-state index contributed by atoms with van der Waals surface area (Å²) in [6.45, 7) is 1.79. The predicted molar refractivity (Wildman–Crippen MR) is 69.3 cm³/mol. The van der Waals surface area contributed by atoms with Gasteiger partial charge in [0.15, 0.2) is 0 Å². The highest BCUT2D eigenvalue weighted by molar-refractivity contribution is 6.22. The summed E-state index contributed by atoms with van der Waals surface area (Å²) >= 11 is 0. The molecule has 1 aromatic heterocycles. The summed E-state index contributed by atoms with van der Waals surface area (Å²) in [5.41, 5.74) is 1.60. The number of rotatable bonds is 2. The first-order valence-corrected chi connectivity index (χ1v) is 5.87. The van der Waals surface area contributed by atoms with Crippen molar-refractivity contribution in [3.05, 3.63) is 65.7 Å². The van der Waals surface area contributed by atoms with Gasteiger partial charge < -0.3 is 4.42 Å². The maximum atomic E-state index is 12.1. The van der Waals surface area contributed by atoms with Crippen LogP contribution >= 0.6 is 0 Å². The number of fused-ring (bicyclic) bond motifs is 1. The molecule has 19 heavy (non-hydrogen) atoms. The van der Waals surface area contributed by atoms with E-state index in [2.05, 4.69) is 0 Å². The van der Waals surface area contributed by atoms with Gasteiger partial charge in [-0.3, -0.25) is 9.59 Å². The van der Waals surface area contributed by atoms with E-state index in [0.717, 1.165) is 10.5 Å². The Morgan fingerprint density at radius 1 is 1.05 bits per heavy atom. The molecule has 1 aliphatic heterocycles.